The van der Waals surface area contributed by atoms with Gasteiger partial charge in [0.1, 0.15) is 5.69 Å². The van der Waals surface area contributed by atoms with Gasteiger partial charge >= 0.3 is 5.97 Å². The van der Waals surface area contributed by atoms with Crippen molar-refractivity contribution >= 4 is 23.2 Å². The summed E-state index contributed by atoms with van der Waals surface area (Å²) in [5, 5.41) is 0. The van der Waals surface area contributed by atoms with Gasteiger partial charge in [0.05, 0.1) is 12.7 Å². The third kappa shape index (κ3) is 4.73. The first-order valence-corrected chi connectivity index (χ1v) is 11.0. The number of aromatic nitrogens is 1. The highest BCUT2D eigenvalue weighted by molar-refractivity contribution is 7.11. The number of ether oxygens (including phenoxy) is 1. The second kappa shape index (κ2) is 9.13. The van der Waals surface area contributed by atoms with Gasteiger partial charge in [-0.3, -0.25) is 9.69 Å². The van der Waals surface area contributed by atoms with Gasteiger partial charge < -0.3 is 14.6 Å². The van der Waals surface area contributed by atoms with Crippen LogP contribution in [0.25, 0.3) is 0 Å². The summed E-state index contributed by atoms with van der Waals surface area (Å²) < 4.78 is 4.89. The van der Waals surface area contributed by atoms with Crippen molar-refractivity contribution < 1.29 is 14.3 Å². The van der Waals surface area contributed by atoms with E-state index < -0.39 is 5.97 Å². The van der Waals surface area contributed by atoms with Crippen LogP contribution in [-0.4, -0.2) is 60.5 Å². The Balaban J connectivity index is 1.62. The van der Waals surface area contributed by atoms with Gasteiger partial charge in [-0.25, -0.2) is 4.79 Å². The van der Waals surface area contributed by atoms with E-state index >= 15 is 0 Å². The molecule has 1 amide bonds. The zero-order valence-corrected chi connectivity index (χ0v) is 18.8. The molecule has 6 nitrogen and oxygen atoms in total. The van der Waals surface area contributed by atoms with Gasteiger partial charge in [0, 0.05) is 42.1 Å². The number of nitrogens with zero attached hydrogens (tertiary/aromatic N) is 2. The number of nitrogens with one attached hydrogen (secondary N) is 1. The minimum absolute atomic E-state index is 0.0697. The molecular weight excluding hydrogens is 386 g/mol. The first-order valence-electron chi connectivity index (χ1n) is 10.2. The van der Waals surface area contributed by atoms with Gasteiger partial charge in [0.15, 0.2) is 0 Å². The highest BCUT2D eigenvalue weighted by Crippen LogP contribution is 2.25. The Bertz CT molecular complexity index is 886. The van der Waals surface area contributed by atoms with Crippen molar-refractivity contribution in [3.05, 3.63) is 44.4 Å². The third-order valence-electron chi connectivity index (χ3n) is 5.71. The zero-order valence-electron chi connectivity index (χ0n) is 18.0. The molecule has 1 saturated heterocycles. The van der Waals surface area contributed by atoms with Crippen LogP contribution in [0.2, 0.25) is 0 Å². The van der Waals surface area contributed by atoms with E-state index in [0.29, 0.717) is 35.7 Å². The molecule has 1 atom stereocenters. The monoisotopic (exact) mass is 417 g/mol. The number of carbonyl (C=O) groups is 2. The highest BCUT2D eigenvalue weighted by atomic mass is 32.1. The molecule has 7 heteroatoms. The quantitative estimate of drug-likeness (QED) is 0.699. The summed E-state index contributed by atoms with van der Waals surface area (Å²) in [5.41, 5.74) is 2.41. The predicted octanol–water partition coefficient (Wildman–Crippen LogP) is 3.64. The van der Waals surface area contributed by atoms with E-state index in [1.54, 1.807) is 4.90 Å². The number of carbonyl (C=O) groups excluding carboxylic acids is 2. The summed E-state index contributed by atoms with van der Waals surface area (Å²) in [7, 11) is 3.21. The Morgan fingerprint density at radius 3 is 2.72 bits per heavy atom. The lowest BCUT2D eigenvalue weighted by Crippen LogP contribution is -2.33. The van der Waals surface area contributed by atoms with Crippen molar-refractivity contribution in [1.82, 2.24) is 14.8 Å². The maximum atomic E-state index is 13.1. The molecule has 0 spiro atoms. The van der Waals surface area contributed by atoms with E-state index in [1.807, 2.05) is 32.2 Å². The normalized spacial score (nSPS) is 16.9. The van der Waals surface area contributed by atoms with Crippen LogP contribution in [0.3, 0.4) is 0 Å². The molecule has 29 heavy (non-hydrogen) atoms. The smallest absolute Gasteiger partial charge is 0.339 e. The summed E-state index contributed by atoms with van der Waals surface area (Å²) in [6, 6.07) is 4.38. The fourth-order valence-electron chi connectivity index (χ4n) is 4.17. The van der Waals surface area contributed by atoms with Crippen LogP contribution in [0.5, 0.6) is 0 Å². The van der Waals surface area contributed by atoms with Crippen molar-refractivity contribution in [3.63, 3.8) is 0 Å². The van der Waals surface area contributed by atoms with Crippen LogP contribution in [0.1, 0.15) is 55.2 Å². The van der Waals surface area contributed by atoms with Gasteiger partial charge in [-0.1, -0.05) is 6.92 Å². The molecule has 3 rings (SSSR count). The number of aryl methyl sites for hydroxylation is 2. The summed E-state index contributed by atoms with van der Waals surface area (Å²) in [5.74, 6) is -0.00163. The number of hydrogen-bond donors (Lipinski definition) is 1. The predicted molar refractivity (Wildman–Crippen MR) is 116 cm³/mol. The molecule has 2 aromatic heterocycles. The molecule has 0 aliphatic carbocycles. The number of rotatable bonds is 7. The van der Waals surface area contributed by atoms with E-state index in [-0.39, 0.29) is 5.91 Å². The van der Waals surface area contributed by atoms with Crippen LogP contribution < -0.4 is 0 Å². The minimum atomic E-state index is -0.396. The number of H-pyrrole nitrogens is 1. The average Bonchev–Trinajstić information content (AvgIpc) is 3.40. The SMILES string of the molecule is CCc1[nH]c(C(=O)N(C)C[C@H]2CCN(Cc3ccc(C)s3)C2)c(C)c1C(=O)OC. The summed E-state index contributed by atoms with van der Waals surface area (Å²) in [6.45, 7) is 9.68. The van der Waals surface area contributed by atoms with Crippen molar-refractivity contribution in [2.24, 2.45) is 5.92 Å². The lowest BCUT2D eigenvalue weighted by Gasteiger charge is -2.22. The lowest BCUT2D eigenvalue weighted by atomic mass is 10.1. The molecule has 0 saturated carbocycles. The number of esters is 1. The second-order valence-electron chi connectivity index (χ2n) is 7.91. The van der Waals surface area contributed by atoms with Gasteiger partial charge in [-0.05, 0) is 56.8 Å². The van der Waals surface area contributed by atoms with E-state index in [4.69, 9.17) is 4.74 Å². The van der Waals surface area contributed by atoms with Gasteiger partial charge in [-0.2, -0.15) is 0 Å². The molecule has 1 aliphatic rings. The molecular formula is C22H31N3O3S. The van der Waals surface area contributed by atoms with E-state index in [9.17, 15) is 9.59 Å². The Kier molecular flexibility index (Phi) is 6.80. The molecule has 1 fully saturated rings. The molecule has 1 N–H and O–H groups in total. The Hall–Kier alpha value is -2.12. The fourth-order valence-corrected chi connectivity index (χ4v) is 5.11. The van der Waals surface area contributed by atoms with Gasteiger partial charge in [0.2, 0.25) is 0 Å². The van der Waals surface area contributed by atoms with Crippen molar-refractivity contribution in [1.29, 1.82) is 0 Å². The number of aromatic amines is 1. The lowest BCUT2D eigenvalue weighted by molar-refractivity contribution is 0.0599. The number of likely N-dealkylation sites (tertiary alicyclic amines) is 1. The van der Waals surface area contributed by atoms with Crippen molar-refractivity contribution in [3.8, 4) is 0 Å². The van der Waals surface area contributed by atoms with Crippen LogP contribution in [0.4, 0.5) is 0 Å². The maximum absolute atomic E-state index is 13.1. The molecule has 0 bridgehead atoms. The average molecular weight is 418 g/mol. The van der Waals surface area contributed by atoms with E-state index in [1.165, 1.54) is 16.9 Å². The standard InChI is InChI=1S/C22H31N3O3S/c1-6-18-19(22(27)28-5)15(3)20(23-18)21(26)24(4)11-16-9-10-25(12-16)13-17-8-7-14(2)29-17/h7-8,16,23H,6,9-13H2,1-5H3/t16-/m1/s1. The van der Waals surface area contributed by atoms with Gasteiger partial charge in [0.25, 0.3) is 5.91 Å². The molecule has 1 aliphatic heterocycles. The minimum Gasteiger partial charge on any atom is -0.465 e. The largest absolute Gasteiger partial charge is 0.465 e. The molecule has 158 valence electrons. The highest BCUT2D eigenvalue weighted by Gasteiger charge is 2.28. The Morgan fingerprint density at radius 1 is 1.34 bits per heavy atom. The van der Waals surface area contributed by atoms with Crippen molar-refractivity contribution in [2.75, 3.05) is 33.8 Å². The molecule has 2 aromatic rings. The van der Waals surface area contributed by atoms with Gasteiger partial charge in [-0.15, -0.1) is 11.3 Å². The Morgan fingerprint density at radius 2 is 2.10 bits per heavy atom. The first-order chi connectivity index (χ1) is 13.8. The van der Waals surface area contributed by atoms with E-state index in [0.717, 1.165) is 31.7 Å². The second-order valence-corrected chi connectivity index (χ2v) is 9.28. The van der Waals surface area contributed by atoms with Crippen LogP contribution >= 0.6 is 11.3 Å². The topological polar surface area (TPSA) is 65.6 Å². The number of thiophene rings is 1. The zero-order chi connectivity index (χ0) is 21.1. The molecule has 0 radical (unpaired) electrons. The number of methoxy groups -OCH3 is 1. The Labute approximate surface area is 176 Å². The summed E-state index contributed by atoms with van der Waals surface area (Å²) in [4.78, 5) is 35.3. The van der Waals surface area contributed by atoms with Crippen LogP contribution in [0, 0.1) is 19.8 Å². The van der Waals surface area contributed by atoms with E-state index in [2.05, 4.69) is 28.9 Å². The summed E-state index contributed by atoms with van der Waals surface area (Å²) >= 11 is 1.86. The molecule has 0 unspecified atom stereocenters. The first kappa shape index (κ1) is 21.6. The maximum Gasteiger partial charge on any atom is 0.339 e. The summed E-state index contributed by atoms with van der Waals surface area (Å²) in [6.07, 6.45) is 1.74. The number of hydrogen-bond acceptors (Lipinski definition) is 5. The van der Waals surface area contributed by atoms with Crippen LogP contribution in [0.15, 0.2) is 12.1 Å². The van der Waals surface area contributed by atoms with Crippen molar-refractivity contribution in [2.45, 2.75) is 40.2 Å². The number of amides is 1. The molecule has 3 heterocycles. The third-order valence-corrected chi connectivity index (χ3v) is 6.69. The fraction of sp³-hybridized carbons (Fsp3) is 0.545. The van der Waals surface area contributed by atoms with Crippen LogP contribution in [-0.2, 0) is 17.7 Å². The molecule has 0 aromatic carbocycles.